The Bertz CT molecular complexity index is 1510. The van der Waals surface area contributed by atoms with Crippen molar-refractivity contribution in [3.63, 3.8) is 0 Å². The number of methoxy groups -OCH3 is 1. The van der Waals surface area contributed by atoms with E-state index >= 15 is 0 Å². The normalized spacial score (nSPS) is 20.3. The third-order valence-corrected chi connectivity index (χ3v) is 8.60. The van der Waals surface area contributed by atoms with Crippen molar-refractivity contribution in [3.8, 4) is 16.9 Å². The van der Waals surface area contributed by atoms with Crippen molar-refractivity contribution in [2.75, 3.05) is 13.7 Å². The first-order chi connectivity index (χ1) is 18.0. The van der Waals surface area contributed by atoms with Crippen molar-refractivity contribution < 1.29 is 13.9 Å². The van der Waals surface area contributed by atoms with Crippen LogP contribution in [0.5, 0.6) is 5.75 Å². The summed E-state index contributed by atoms with van der Waals surface area (Å²) in [4.78, 5) is 15.7. The maximum absolute atomic E-state index is 13.5. The molecule has 1 aromatic heterocycles. The number of allylic oxidation sites excluding steroid dienone is 1. The zero-order valence-electron chi connectivity index (χ0n) is 22.0. The molecule has 190 valence electrons. The molecule has 6 rings (SSSR count). The summed E-state index contributed by atoms with van der Waals surface area (Å²) in [6, 6.07) is 17.4. The number of aryl methyl sites for hydroxylation is 1. The molecule has 0 radical (unpaired) electrons. The molecular weight excluding hydrogens is 458 g/mol. The average Bonchev–Trinajstić information content (AvgIpc) is 3.36. The number of likely N-dealkylation sites (tertiary alicyclic amines) is 1. The van der Waals surface area contributed by atoms with Crippen LogP contribution in [0.2, 0.25) is 0 Å². The summed E-state index contributed by atoms with van der Waals surface area (Å²) in [5.41, 5.74) is 5.81. The highest BCUT2D eigenvalue weighted by molar-refractivity contribution is 6.02. The first kappa shape index (κ1) is 23.8. The summed E-state index contributed by atoms with van der Waals surface area (Å²) in [6.45, 7) is 4.93. The first-order valence-electron chi connectivity index (χ1n) is 13.6. The van der Waals surface area contributed by atoms with Gasteiger partial charge in [-0.3, -0.25) is 4.79 Å². The molecule has 2 fully saturated rings. The molecule has 2 aliphatic rings. The summed E-state index contributed by atoms with van der Waals surface area (Å²) >= 11 is 0. The maximum Gasteiger partial charge on any atom is 0.247 e. The van der Waals surface area contributed by atoms with Gasteiger partial charge < -0.3 is 14.1 Å². The second-order valence-corrected chi connectivity index (χ2v) is 10.8. The lowest BCUT2D eigenvalue weighted by atomic mass is 9.78. The van der Waals surface area contributed by atoms with Crippen molar-refractivity contribution in [1.29, 1.82) is 0 Å². The summed E-state index contributed by atoms with van der Waals surface area (Å²) < 4.78 is 11.9. The SMILES string of the molecule is COc1c(/C(C)=C/C(=O)N2CCCC3CCCCC32)cc2c(-c3ccc4ccccc4c3)coc2c1C. The lowest BCUT2D eigenvalue weighted by Crippen LogP contribution is -2.49. The van der Waals surface area contributed by atoms with Crippen LogP contribution in [-0.2, 0) is 4.79 Å². The Morgan fingerprint density at radius 3 is 2.65 bits per heavy atom. The predicted octanol–water partition coefficient (Wildman–Crippen LogP) is 8.15. The highest BCUT2D eigenvalue weighted by Crippen LogP contribution is 2.41. The maximum atomic E-state index is 13.5. The molecule has 1 amide bonds. The van der Waals surface area contributed by atoms with Crippen molar-refractivity contribution >= 4 is 33.2 Å². The standard InChI is InChI=1S/C33H35NO3/c1-21(17-31(35)34-16-8-12-24-10-6-7-13-30(24)34)27-19-28-29(20-37-33(28)22(2)32(27)36-3)26-15-14-23-9-4-5-11-25(23)18-26/h4-5,9,11,14-15,17-20,24,30H,6-8,10,12-13,16H2,1-3H3/b21-17+. The Balaban J connectivity index is 1.40. The number of benzene rings is 3. The van der Waals surface area contributed by atoms with Gasteiger partial charge in [-0.1, -0.05) is 49.2 Å². The Kier molecular flexibility index (Phi) is 6.27. The first-order valence-corrected chi connectivity index (χ1v) is 13.6. The molecule has 0 N–H and O–H groups in total. The number of carbonyl (C=O) groups is 1. The van der Waals surface area contributed by atoms with Gasteiger partial charge in [-0.2, -0.15) is 0 Å². The van der Waals surface area contributed by atoms with Gasteiger partial charge in [0.15, 0.2) is 0 Å². The number of furan rings is 1. The highest BCUT2D eigenvalue weighted by atomic mass is 16.5. The molecule has 1 saturated heterocycles. The summed E-state index contributed by atoms with van der Waals surface area (Å²) in [7, 11) is 1.69. The third-order valence-electron chi connectivity index (χ3n) is 8.60. The van der Waals surface area contributed by atoms with Crippen LogP contribution >= 0.6 is 0 Å². The summed E-state index contributed by atoms with van der Waals surface area (Å²) in [5.74, 6) is 1.57. The van der Waals surface area contributed by atoms with Gasteiger partial charge in [0.25, 0.3) is 0 Å². The van der Waals surface area contributed by atoms with Crippen LogP contribution < -0.4 is 4.74 Å². The fraction of sp³-hybridized carbons (Fsp3) is 0.364. The molecule has 1 aliphatic carbocycles. The molecule has 37 heavy (non-hydrogen) atoms. The number of hydrogen-bond donors (Lipinski definition) is 0. The smallest absolute Gasteiger partial charge is 0.247 e. The Morgan fingerprint density at radius 1 is 1.03 bits per heavy atom. The molecule has 2 unspecified atom stereocenters. The lowest BCUT2D eigenvalue weighted by molar-refractivity contribution is -0.132. The van der Waals surface area contributed by atoms with E-state index in [2.05, 4.69) is 53.4 Å². The van der Waals surface area contributed by atoms with Crippen LogP contribution in [0.15, 0.2) is 65.3 Å². The van der Waals surface area contributed by atoms with E-state index < -0.39 is 0 Å². The molecule has 3 aromatic carbocycles. The second-order valence-electron chi connectivity index (χ2n) is 10.8. The van der Waals surface area contributed by atoms with Crippen LogP contribution in [0.1, 0.15) is 56.6 Å². The van der Waals surface area contributed by atoms with Gasteiger partial charge in [-0.05, 0) is 79.5 Å². The largest absolute Gasteiger partial charge is 0.496 e. The summed E-state index contributed by atoms with van der Waals surface area (Å²) in [5, 5.41) is 3.45. The molecule has 4 nitrogen and oxygen atoms in total. The van der Waals surface area contributed by atoms with Crippen molar-refractivity contribution in [2.45, 2.75) is 58.4 Å². The molecule has 0 spiro atoms. The molecular formula is C33H35NO3. The van der Waals surface area contributed by atoms with Crippen LogP contribution in [0.25, 0.3) is 38.4 Å². The van der Waals surface area contributed by atoms with E-state index in [1.807, 2.05) is 26.2 Å². The van der Waals surface area contributed by atoms with Crippen LogP contribution in [0.4, 0.5) is 0 Å². The number of nitrogens with zero attached hydrogens (tertiary/aromatic N) is 1. The number of piperidine rings is 1. The zero-order chi connectivity index (χ0) is 25.5. The van der Waals surface area contributed by atoms with Crippen LogP contribution in [0, 0.1) is 12.8 Å². The van der Waals surface area contributed by atoms with E-state index in [4.69, 9.17) is 9.15 Å². The Labute approximate surface area is 218 Å². The number of ether oxygens (including phenoxy) is 1. The minimum atomic E-state index is 0.135. The summed E-state index contributed by atoms with van der Waals surface area (Å²) in [6.07, 6.45) is 11.0. The number of amides is 1. The van der Waals surface area contributed by atoms with Gasteiger partial charge in [-0.15, -0.1) is 0 Å². The molecule has 4 heteroatoms. The predicted molar refractivity (Wildman–Crippen MR) is 151 cm³/mol. The van der Waals surface area contributed by atoms with Gasteiger partial charge in [0.05, 0.1) is 13.4 Å². The van der Waals surface area contributed by atoms with E-state index in [1.165, 1.54) is 36.5 Å². The van der Waals surface area contributed by atoms with E-state index in [0.717, 1.165) is 63.9 Å². The lowest BCUT2D eigenvalue weighted by Gasteiger charge is -2.43. The number of rotatable bonds is 4. The molecule has 2 atom stereocenters. The van der Waals surface area contributed by atoms with Crippen molar-refractivity contribution in [2.24, 2.45) is 5.92 Å². The molecule has 0 bridgehead atoms. The molecule has 4 aromatic rings. The van der Waals surface area contributed by atoms with Crippen molar-refractivity contribution in [1.82, 2.24) is 4.90 Å². The minimum Gasteiger partial charge on any atom is -0.496 e. The molecule has 1 aliphatic heterocycles. The van der Waals surface area contributed by atoms with E-state index in [0.29, 0.717) is 12.0 Å². The highest BCUT2D eigenvalue weighted by Gasteiger charge is 2.35. The quantitative estimate of drug-likeness (QED) is 0.269. The Hall–Kier alpha value is -3.53. The monoisotopic (exact) mass is 493 g/mol. The Morgan fingerprint density at radius 2 is 1.81 bits per heavy atom. The van der Waals surface area contributed by atoms with Crippen LogP contribution in [-0.4, -0.2) is 30.5 Å². The minimum absolute atomic E-state index is 0.135. The fourth-order valence-electron chi connectivity index (χ4n) is 6.70. The molecule has 2 heterocycles. The van der Waals surface area contributed by atoms with Gasteiger partial charge in [0.1, 0.15) is 11.3 Å². The number of hydrogen-bond acceptors (Lipinski definition) is 3. The van der Waals surface area contributed by atoms with Gasteiger partial charge in [0.2, 0.25) is 5.91 Å². The van der Waals surface area contributed by atoms with Crippen molar-refractivity contribution in [3.05, 3.63) is 72.0 Å². The second kappa shape index (κ2) is 9.74. The van der Waals surface area contributed by atoms with E-state index in [9.17, 15) is 4.79 Å². The molecule has 1 saturated carbocycles. The average molecular weight is 494 g/mol. The number of carbonyl (C=O) groups excluding carboxylic acids is 1. The zero-order valence-corrected chi connectivity index (χ0v) is 22.0. The van der Waals surface area contributed by atoms with Gasteiger partial charge in [-0.25, -0.2) is 0 Å². The number of fused-ring (bicyclic) bond motifs is 3. The van der Waals surface area contributed by atoms with E-state index in [1.54, 1.807) is 7.11 Å². The topological polar surface area (TPSA) is 42.7 Å². The van der Waals surface area contributed by atoms with Gasteiger partial charge in [0, 0.05) is 40.7 Å². The third kappa shape index (κ3) is 4.22. The van der Waals surface area contributed by atoms with Gasteiger partial charge >= 0.3 is 0 Å². The van der Waals surface area contributed by atoms with Crippen LogP contribution in [0.3, 0.4) is 0 Å². The van der Waals surface area contributed by atoms with E-state index in [-0.39, 0.29) is 5.91 Å². The fourth-order valence-corrected chi connectivity index (χ4v) is 6.70.